The van der Waals surface area contributed by atoms with Gasteiger partial charge in [-0.3, -0.25) is 19.3 Å². The summed E-state index contributed by atoms with van der Waals surface area (Å²) in [5.41, 5.74) is 0.894. The van der Waals surface area contributed by atoms with Gasteiger partial charge < -0.3 is 14.7 Å². The lowest BCUT2D eigenvalue weighted by Gasteiger charge is -2.35. The summed E-state index contributed by atoms with van der Waals surface area (Å²) in [7, 11) is 0. The van der Waals surface area contributed by atoms with Crippen LogP contribution in [0.15, 0.2) is 36.4 Å². The average Bonchev–Trinajstić information content (AvgIpc) is 3.08. The van der Waals surface area contributed by atoms with Gasteiger partial charge >= 0.3 is 0 Å². The van der Waals surface area contributed by atoms with E-state index >= 15 is 0 Å². The SMILES string of the molecule is O=C(CCCN1C(=O)c2ccccc2C1=O)N1CCN(c2ccc(N3CCCCCC3)nn2)CC1. The molecule has 0 atom stereocenters. The van der Waals surface area contributed by atoms with E-state index in [0.29, 0.717) is 50.1 Å². The van der Waals surface area contributed by atoms with Crippen LogP contribution >= 0.6 is 0 Å². The summed E-state index contributed by atoms with van der Waals surface area (Å²) in [6.45, 7) is 5.02. The highest BCUT2D eigenvalue weighted by molar-refractivity contribution is 6.21. The largest absolute Gasteiger partial charge is 0.355 e. The van der Waals surface area contributed by atoms with E-state index in [9.17, 15) is 14.4 Å². The van der Waals surface area contributed by atoms with Crippen LogP contribution in [0.2, 0.25) is 0 Å². The van der Waals surface area contributed by atoms with Crippen LogP contribution in [0.5, 0.6) is 0 Å². The first-order valence-corrected chi connectivity index (χ1v) is 12.7. The second-order valence-corrected chi connectivity index (χ2v) is 9.43. The maximum atomic E-state index is 12.7. The fourth-order valence-electron chi connectivity index (χ4n) is 5.13. The topological polar surface area (TPSA) is 90.0 Å². The lowest BCUT2D eigenvalue weighted by Crippen LogP contribution is -2.49. The van der Waals surface area contributed by atoms with Crippen LogP contribution in [0.1, 0.15) is 59.2 Å². The predicted molar refractivity (Wildman–Crippen MR) is 133 cm³/mol. The van der Waals surface area contributed by atoms with Crippen molar-refractivity contribution < 1.29 is 14.4 Å². The van der Waals surface area contributed by atoms with E-state index in [4.69, 9.17) is 0 Å². The van der Waals surface area contributed by atoms with Crippen molar-refractivity contribution in [2.24, 2.45) is 0 Å². The van der Waals surface area contributed by atoms with Gasteiger partial charge in [0.25, 0.3) is 11.8 Å². The van der Waals surface area contributed by atoms with E-state index in [1.807, 2.05) is 11.0 Å². The smallest absolute Gasteiger partial charge is 0.261 e. The number of carbonyl (C=O) groups is 3. The van der Waals surface area contributed by atoms with Crippen LogP contribution < -0.4 is 9.80 Å². The molecule has 2 saturated heterocycles. The summed E-state index contributed by atoms with van der Waals surface area (Å²) in [4.78, 5) is 45.3. The predicted octanol–water partition coefficient (Wildman–Crippen LogP) is 2.58. The van der Waals surface area contributed by atoms with Crippen molar-refractivity contribution in [2.75, 3.05) is 55.6 Å². The van der Waals surface area contributed by atoms with Crippen molar-refractivity contribution in [2.45, 2.75) is 38.5 Å². The Hall–Kier alpha value is -3.49. The van der Waals surface area contributed by atoms with Gasteiger partial charge in [0.1, 0.15) is 0 Å². The maximum Gasteiger partial charge on any atom is 0.261 e. The molecule has 0 unspecified atom stereocenters. The Kier molecular flexibility index (Phi) is 6.92. The van der Waals surface area contributed by atoms with Crippen LogP contribution in [0.3, 0.4) is 0 Å². The van der Waals surface area contributed by atoms with Crippen LogP contribution in [-0.4, -0.2) is 83.5 Å². The van der Waals surface area contributed by atoms with Crippen molar-refractivity contribution in [1.82, 2.24) is 20.0 Å². The Balaban J connectivity index is 1.07. The molecule has 0 radical (unpaired) electrons. The van der Waals surface area contributed by atoms with Crippen molar-refractivity contribution in [1.29, 1.82) is 0 Å². The summed E-state index contributed by atoms with van der Waals surface area (Å²) in [6, 6.07) is 11.0. The number of carbonyl (C=O) groups excluding carboxylic acids is 3. The molecule has 0 bridgehead atoms. The van der Waals surface area contributed by atoms with Gasteiger partial charge in [0.15, 0.2) is 11.6 Å². The zero-order valence-corrected chi connectivity index (χ0v) is 20.1. The molecule has 3 aliphatic heterocycles. The van der Waals surface area contributed by atoms with Gasteiger partial charge in [0.2, 0.25) is 5.91 Å². The molecule has 2 fully saturated rings. The third-order valence-corrected chi connectivity index (χ3v) is 7.17. The van der Waals surface area contributed by atoms with Crippen molar-refractivity contribution in [3.8, 4) is 0 Å². The number of imide groups is 1. The molecule has 3 amide bonds. The molecule has 0 aliphatic carbocycles. The van der Waals surface area contributed by atoms with Crippen LogP contribution in [-0.2, 0) is 4.79 Å². The monoisotopic (exact) mass is 476 g/mol. The van der Waals surface area contributed by atoms with Crippen molar-refractivity contribution >= 4 is 29.4 Å². The van der Waals surface area contributed by atoms with Crippen LogP contribution in [0.25, 0.3) is 0 Å². The number of fused-ring (bicyclic) bond motifs is 1. The minimum atomic E-state index is -0.269. The van der Waals surface area contributed by atoms with Gasteiger partial charge in [0, 0.05) is 52.2 Å². The lowest BCUT2D eigenvalue weighted by molar-refractivity contribution is -0.131. The molecule has 9 heteroatoms. The number of piperazine rings is 1. The first kappa shape index (κ1) is 23.3. The minimum Gasteiger partial charge on any atom is -0.355 e. The fourth-order valence-corrected chi connectivity index (χ4v) is 5.13. The molecule has 3 aliphatic rings. The number of hydrogen-bond donors (Lipinski definition) is 0. The highest BCUT2D eigenvalue weighted by Crippen LogP contribution is 2.23. The second kappa shape index (κ2) is 10.4. The van der Waals surface area contributed by atoms with Gasteiger partial charge in [-0.15, -0.1) is 10.2 Å². The van der Waals surface area contributed by atoms with E-state index < -0.39 is 0 Å². The Morgan fingerprint density at radius 1 is 0.714 bits per heavy atom. The molecule has 35 heavy (non-hydrogen) atoms. The summed E-state index contributed by atoms with van der Waals surface area (Å²) >= 11 is 0. The summed E-state index contributed by atoms with van der Waals surface area (Å²) in [5.74, 6) is 1.32. The van der Waals surface area contributed by atoms with Crippen molar-refractivity contribution in [3.05, 3.63) is 47.5 Å². The number of hydrogen-bond acceptors (Lipinski definition) is 7. The summed E-state index contributed by atoms with van der Waals surface area (Å²) < 4.78 is 0. The fraction of sp³-hybridized carbons (Fsp3) is 0.500. The molecule has 2 aromatic rings. The van der Waals surface area contributed by atoms with E-state index in [0.717, 1.165) is 24.7 Å². The number of amides is 3. The van der Waals surface area contributed by atoms with E-state index in [2.05, 4.69) is 26.1 Å². The third-order valence-electron chi connectivity index (χ3n) is 7.17. The van der Waals surface area contributed by atoms with Gasteiger partial charge in [-0.05, 0) is 43.5 Å². The van der Waals surface area contributed by atoms with E-state index in [-0.39, 0.29) is 24.3 Å². The molecule has 0 spiro atoms. The zero-order valence-electron chi connectivity index (χ0n) is 20.1. The zero-order chi connectivity index (χ0) is 24.2. The standard InChI is InChI=1S/C26H32N6O3/c33-24(10-7-15-32-25(34)20-8-3-4-9-21(20)26(32)35)31-18-16-30(17-19-31)23-12-11-22(27-28-23)29-13-5-1-2-6-14-29/h3-4,8-9,11-12H,1-2,5-7,10,13-19H2. The van der Waals surface area contributed by atoms with E-state index in [1.54, 1.807) is 24.3 Å². The molecule has 5 rings (SSSR count). The maximum absolute atomic E-state index is 12.7. The summed E-state index contributed by atoms with van der Waals surface area (Å²) in [6.07, 6.45) is 5.77. The number of rotatable bonds is 6. The lowest BCUT2D eigenvalue weighted by atomic mass is 10.1. The highest BCUT2D eigenvalue weighted by atomic mass is 16.2. The Bertz CT molecular complexity index is 1040. The number of benzene rings is 1. The molecule has 0 saturated carbocycles. The molecular weight excluding hydrogens is 444 g/mol. The molecule has 9 nitrogen and oxygen atoms in total. The first-order chi connectivity index (χ1) is 17.1. The molecule has 0 N–H and O–H groups in total. The Morgan fingerprint density at radius 3 is 1.80 bits per heavy atom. The van der Waals surface area contributed by atoms with Gasteiger partial charge in [-0.2, -0.15) is 0 Å². The minimum absolute atomic E-state index is 0.0591. The van der Waals surface area contributed by atoms with Crippen LogP contribution in [0, 0.1) is 0 Å². The molecular formula is C26H32N6O3. The quantitative estimate of drug-likeness (QED) is 0.592. The second-order valence-electron chi connectivity index (χ2n) is 9.43. The number of aromatic nitrogens is 2. The highest BCUT2D eigenvalue weighted by Gasteiger charge is 2.34. The normalized spacial score (nSPS) is 18.6. The number of anilines is 2. The molecule has 1 aromatic carbocycles. The Labute approximate surface area is 205 Å². The van der Waals surface area contributed by atoms with Gasteiger partial charge in [0.05, 0.1) is 11.1 Å². The van der Waals surface area contributed by atoms with Crippen LogP contribution in [0.4, 0.5) is 11.6 Å². The molecule has 184 valence electrons. The molecule has 4 heterocycles. The molecule has 1 aromatic heterocycles. The van der Waals surface area contributed by atoms with Crippen molar-refractivity contribution in [3.63, 3.8) is 0 Å². The Morgan fingerprint density at radius 2 is 1.26 bits per heavy atom. The van der Waals surface area contributed by atoms with Gasteiger partial charge in [-0.25, -0.2) is 0 Å². The average molecular weight is 477 g/mol. The third kappa shape index (κ3) is 4.99. The summed E-state index contributed by atoms with van der Waals surface area (Å²) in [5, 5.41) is 8.94. The van der Waals surface area contributed by atoms with E-state index in [1.165, 1.54) is 30.6 Å². The number of nitrogens with zero attached hydrogens (tertiary/aromatic N) is 6. The first-order valence-electron chi connectivity index (χ1n) is 12.7. The van der Waals surface area contributed by atoms with Gasteiger partial charge in [-0.1, -0.05) is 25.0 Å².